The van der Waals surface area contributed by atoms with Crippen molar-refractivity contribution in [2.45, 2.75) is 32.2 Å². The van der Waals surface area contributed by atoms with Crippen LogP contribution in [0.25, 0.3) is 0 Å². The van der Waals surface area contributed by atoms with E-state index < -0.39 is 10.9 Å². The second-order valence-electron chi connectivity index (χ2n) is 6.23. The topological polar surface area (TPSA) is 121 Å². The summed E-state index contributed by atoms with van der Waals surface area (Å²) in [5, 5.41) is 19.9. The van der Waals surface area contributed by atoms with Gasteiger partial charge in [-0.05, 0) is 25.3 Å². The van der Waals surface area contributed by atoms with Crippen LogP contribution in [-0.2, 0) is 9.59 Å². The van der Waals surface area contributed by atoms with E-state index in [0.717, 1.165) is 0 Å². The second-order valence-corrected chi connectivity index (χ2v) is 6.23. The van der Waals surface area contributed by atoms with E-state index in [9.17, 15) is 24.5 Å². The molecule has 0 saturated carbocycles. The van der Waals surface area contributed by atoms with Crippen LogP contribution in [0.3, 0.4) is 0 Å². The molecule has 1 atom stereocenters. The molecule has 2 amide bonds. The first-order valence-electron chi connectivity index (χ1n) is 8.32. The van der Waals surface area contributed by atoms with Crippen LogP contribution >= 0.6 is 0 Å². The third-order valence-corrected chi connectivity index (χ3v) is 4.44. The summed E-state index contributed by atoms with van der Waals surface area (Å²) in [5.74, 6) is -1.69. The Balaban J connectivity index is 2.08. The van der Waals surface area contributed by atoms with Crippen LogP contribution in [0.5, 0.6) is 0 Å². The first-order chi connectivity index (χ1) is 12.3. The van der Waals surface area contributed by atoms with Gasteiger partial charge in [0.1, 0.15) is 6.54 Å². The average Bonchev–Trinajstić information content (AvgIpc) is 2.84. The van der Waals surface area contributed by atoms with Crippen molar-refractivity contribution in [1.82, 2.24) is 9.80 Å². The number of aliphatic carboxylic acids is 1. The molecule has 1 heterocycles. The molecule has 1 N–H and O–H groups in total. The maximum Gasteiger partial charge on any atom is 0.323 e. The normalized spacial score (nSPS) is 17.3. The fourth-order valence-corrected chi connectivity index (χ4v) is 3.17. The molecule has 1 saturated heterocycles. The highest BCUT2D eigenvalue weighted by Crippen LogP contribution is 2.20. The van der Waals surface area contributed by atoms with Crippen LogP contribution in [0.1, 0.15) is 36.5 Å². The molecule has 9 heteroatoms. The lowest BCUT2D eigenvalue weighted by atomic mass is 10.1. The predicted octanol–water partition coefficient (Wildman–Crippen LogP) is 1.52. The zero-order valence-corrected chi connectivity index (χ0v) is 14.5. The number of amides is 2. The lowest BCUT2D eigenvalue weighted by molar-refractivity contribution is -0.384. The predicted molar refractivity (Wildman–Crippen MR) is 91.7 cm³/mol. The van der Waals surface area contributed by atoms with Gasteiger partial charge in [-0.1, -0.05) is 6.07 Å². The molecular weight excluding hydrogens is 342 g/mol. The van der Waals surface area contributed by atoms with Crippen molar-refractivity contribution in [3.63, 3.8) is 0 Å². The molecule has 1 unspecified atom stereocenters. The van der Waals surface area contributed by atoms with E-state index in [1.165, 1.54) is 36.1 Å². The molecule has 1 aliphatic rings. The van der Waals surface area contributed by atoms with Crippen molar-refractivity contribution in [3.05, 3.63) is 39.9 Å². The van der Waals surface area contributed by atoms with E-state index in [2.05, 4.69) is 0 Å². The molecule has 1 aromatic rings. The molecule has 26 heavy (non-hydrogen) atoms. The number of likely N-dealkylation sites (tertiary alicyclic amines) is 1. The fraction of sp³-hybridized carbons (Fsp3) is 0.471. The maximum absolute atomic E-state index is 12.6. The van der Waals surface area contributed by atoms with Gasteiger partial charge in [-0.3, -0.25) is 24.5 Å². The van der Waals surface area contributed by atoms with E-state index >= 15 is 0 Å². The third-order valence-electron chi connectivity index (χ3n) is 4.44. The minimum absolute atomic E-state index is 0.146. The summed E-state index contributed by atoms with van der Waals surface area (Å²) in [6.45, 7) is 1.78. The van der Waals surface area contributed by atoms with Gasteiger partial charge in [-0.15, -0.1) is 0 Å². The molecule has 0 radical (unpaired) electrons. The fourth-order valence-electron chi connectivity index (χ4n) is 3.17. The van der Waals surface area contributed by atoms with Crippen LogP contribution in [0.2, 0.25) is 0 Å². The molecule has 1 aliphatic heterocycles. The summed E-state index contributed by atoms with van der Waals surface area (Å²) in [4.78, 5) is 48.6. The Morgan fingerprint density at radius 1 is 1.31 bits per heavy atom. The maximum atomic E-state index is 12.6. The second kappa shape index (κ2) is 8.41. The number of carbonyl (C=O) groups is 3. The van der Waals surface area contributed by atoms with Gasteiger partial charge < -0.3 is 14.9 Å². The summed E-state index contributed by atoms with van der Waals surface area (Å²) in [6.07, 6.45) is 1.69. The number of benzene rings is 1. The summed E-state index contributed by atoms with van der Waals surface area (Å²) in [5.41, 5.74) is 0.0966. The van der Waals surface area contributed by atoms with E-state index in [1.54, 1.807) is 4.90 Å². The van der Waals surface area contributed by atoms with Crippen molar-refractivity contribution in [2.24, 2.45) is 0 Å². The number of hydrogen-bond donors (Lipinski definition) is 1. The van der Waals surface area contributed by atoms with Gasteiger partial charge in [-0.2, -0.15) is 0 Å². The molecule has 1 aromatic carbocycles. The molecule has 0 aliphatic carbocycles. The lowest BCUT2D eigenvalue weighted by Crippen LogP contribution is -2.43. The molecule has 0 aromatic heterocycles. The number of carboxylic acids is 1. The quantitative estimate of drug-likeness (QED) is 0.625. The van der Waals surface area contributed by atoms with Crippen molar-refractivity contribution in [1.29, 1.82) is 0 Å². The third kappa shape index (κ3) is 4.78. The van der Waals surface area contributed by atoms with E-state index in [1.807, 2.05) is 0 Å². The molecule has 1 fully saturated rings. The number of rotatable bonds is 5. The van der Waals surface area contributed by atoms with Gasteiger partial charge in [-0.25, -0.2) is 0 Å². The zero-order chi connectivity index (χ0) is 19.3. The van der Waals surface area contributed by atoms with Gasteiger partial charge >= 0.3 is 5.97 Å². The van der Waals surface area contributed by atoms with Crippen LogP contribution < -0.4 is 0 Å². The standard InChI is InChI=1S/C17H21N3O6/c1-12(21)19(11-16(22)23)14-6-3-8-18(9-7-14)17(24)13-4-2-5-15(10-13)20(25)26/h2,4-5,10,14H,3,6-9,11H2,1H3,(H,22,23). The van der Waals surface area contributed by atoms with Crippen LogP contribution in [0, 0.1) is 10.1 Å². The molecule has 0 spiro atoms. The highest BCUT2D eigenvalue weighted by atomic mass is 16.6. The number of carbonyl (C=O) groups excluding carboxylic acids is 2. The molecule has 0 bridgehead atoms. The first-order valence-corrected chi connectivity index (χ1v) is 8.32. The lowest BCUT2D eigenvalue weighted by Gasteiger charge is -2.28. The van der Waals surface area contributed by atoms with Gasteiger partial charge in [0, 0.05) is 43.8 Å². The number of hydrogen-bond acceptors (Lipinski definition) is 5. The van der Waals surface area contributed by atoms with Crippen molar-refractivity contribution >= 4 is 23.5 Å². The molecule has 2 rings (SSSR count). The molecular formula is C17H21N3O6. The van der Waals surface area contributed by atoms with Gasteiger partial charge in [0.25, 0.3) is 11.6 Å². The Morgan fingerprint density at radius 2 is 2.04 bits per heavy atom. The van der Waals surface area contributed by atoms with Crippen molar-refractivity contribution in [3.8, 4) is 0 Å². The number of nitro benzene ring substituents is 1. The largest absolute Gasteiger partial charge is 0.480 e. The smallest absolute Gasteiger partial charge is 0.323 e. The van der Waals surface area contributed by atoms with Gasteiger partial charge in [0.15, 0.2) is 0 Å². The number of carboxylic acid groups (broad SMARTS) is 1. The summed E-state index contributed by atoms with van der Waals surface area (Å²) in [6, 6.07) is 5.33. The van der Waals surface area contributed by atoms with E-state index in [0.29, 0.717) is 32.4 Å². The Labute approximate surface area is 150 Å². The molecule has 140 valence electrons. The van der Waals surface area contributed by atoms with E-state index in [4.69, 9.17) is 5.11 Å². The SMILES string of the molecule is CC(=O)N(CC(=O)O)C1CCCN(C(=O)c2cccc([N+](=O)[O-])c2)CC1. The van der Waals surface area contributed by atoms with Gasteiger partial charge in [0.05, 0.1) is 4.92 Å². The number of nitrogens with zero attached hydrogens (tertiary/aromatic N) is 3. The van der Waals surface area contributed by atoms with Crippen LogP contribution in [-0.4, -0.2) is 63.3 Å². The minimum atomic E-state index is -1.08. The van der Waals surface area contributed by atoms with Gasteiger partial charge in [0.2, 0.25) is 5.91 Å². The summed E-state index contributed by atoms with van der Waals surface area (Å²) < 4.78 is 0. The zero-order valence-electron chi connectivity index (χ0n) is 14.5. The Morgan fingerprint density at radius 3 is 2.65 bits per heavy atom. The van der Waals surface area contributed by atoms with Crippen molar-refractivity contribution in [2.75, 3.05) is 19.6 Å². The summed E-state index contributed by atoms with van der Waals surface area (Å²) in [7, 11) is 0. The van der Waals surface area contributed by atoms with Crippen LogP contribution in [0.4, 0.5) is 5.69 Å². The highest BCUT2D eigenvalue weighted by Gasteiger charge is 2.28. The monoisotopic (exact) mass is 363 g/mol. The molecule has 9 nitrogen and oxygen atoms in total. The average molecular weight is 363 g/mol. The Bertz CT molecular complexity index is 720. The first kappa shape index (κ1) is 19.4. The highest BCUT2D eigenvalue weighted by molar-refractivity contribution is 5.94. The van der Waals surface area contributed by atoms with E-state index in [-0.39, 0.29) is 35.7 Å². The number of nitro groups is 1. The Hall–Kier alpha value is -2.97. The summed E-state index contributed by atoms with van der Waals surface area (Å²) >= 11 is 0. The number of non-ortho nitro benzene ring substituents is 1. The Kier molecular flexibility index (Phi) is 6.26. The van der Waals surface area contributed by atoms with Crippen LogP contribution in [0.15, 0.2) is 24.3 Å². The minimum Gasteiger partial charge on any atom is -0.480 e. The van der Waals surface area contributed by atoms with Crippen molar-refractivity contribution < 1.29 is 24.4 Å².